The fourth-order valence-electron chi connectivity index (χ4n) is 3.63. The zero-order valence-electron chi connectivity index (χ0n) is 15.0. The molecular weight excluding hydrogens is 360 g/mol. The van der Waals surface area contributed by atoms with E-state index in [1.54, 1.807) is 0 Å². The van der Waals surface area contributed by atoms with Gasteiger partial charge < -0.3 is 4.48 Å². The van der Waals surface area contributed by atoms with Crippen LogP contribution in [0.5, 0.6) is 0 Å². The Labute approximate surface area is 154 Å². The number of hydrogen-bond donors (Lipinski definition) is 0. The van der Waals surface area contributed by atoms with Crippen LogP contribution in [-0.4, -0.2) is 48.7 Å². The molecule has 1 fully saturated rings. The van der Waals surface area contributed by atoms with Crippen molar-refractivity contribution < 1.29 is 4.48 Å². The monoisotopic (exact) mass is 387 g/mol. The predicted octanol–water partition coefficient (Wildman–Crippen LogP) is 4.71. The molecule has 0 bridgehead atoms. The molecule has 1 aliphatic heterocycles. The summed E-state index contributed by atoms with van der Waals surface area (Å²) in [6.45, 7) is 9.39. The van der Waals surface area contributed by atoms with E-state index in [4.69, 9.17) is 0 Å². The molecule has 3 rings (SSSR count). The van der Waals surface area contributed by atoms with E-state index in [2.05, 4.69) is 96.3 Å². The maximum atomic E-state index is 3.78. The van der Waals surface area contributed by atoms with Crippen LogP contribution in [0.3, 0.4) is 0 Å². The molecule has 1 saturated heterocycles. The maximum absolute atomic E-state index is 3.78. The van der Waals surface area contributed by atoms with Crippen molar-refractivity contribution in [1.29, 1.82) is 0 Å². The molecule has 0 amide bonds. The first-order valence-electron chi connectivity index (χ1n) is 8.89. The summed E-state index contributed by atoms with van der Waals surface area (Å²) >= 11 is 3.78. The van der Waals surface area contributed by atoms with Gasteiger partial charge in [-0.2, -0.15) is 0 Å². The third-order valence-electron chi connectivity index (χ3n) is 5.72. The van der Waals surface area contributed by atoms with Crippen LogP contribution in [0.4, 0.5) is 0 Å². The molecule has 1 unspecified atom stereocenters. The summed E-state index contributed by atoms with van der Waals surface area (Å²) in [5.41, 5.74) is 2.74. The standard InChI is InChI=1S/C21H28BrN2/c1-17(2)24(3)15-13-23(14-16-24)21(18-9-5-4-6-10-18)19-11-7-8-12-20(19)22/h4-12,17,21H,13-16H2,1-3H3/q+1. The first-order valence-corrected chi connectivity index (χ1v) is 9.68. The summed E-state index contributed by atoms with van der Waals surface area (Å²) < 4.78 is 2.37. The van der Waals surface area contributed by atoms with Gasteiger partial charge in [-0.3, -0.25) is 4.90 Å². The van der Waals surface area contributed by atoms with Gasteiger partial charge in [-0.1, -0.05) is 64.5 Å². The van der Waals surface area contributed by atoms with Gasteiger partial charge in [0, 0.05) is 17.6 Å². The average molecular weight is 388 g/mol. The zero-order valence-corrected chi connectivity index (χ0v) is 16.5. The number of rotatable bonds is 4. The molecule has 0 N–H and O–H groups in total. The second-order valence-corrected chi connectivity index (χ2v) is 8.25. The SMILES string of the molecule is CC(C)[N+]1(C)CCN(C(c2ccccc2)c2ccccc2Br)CC1. The van der Waals surface area contributed by atoms with Crippen molar-refractivity contribution in [1.82, 2.24) is 4.90 Å². The second kappa shape index (κ2) is 7.38. The van der Waals surface area contributed by atoms with Crippen molar-refractivity contribution in [2.24, 2.45) is 0 Å². The van der Waals surface area contributed by atoms with Gasteiger partial charge in [-0.05, 0) is 31.0 Å². The lowest BCUT2D eigenvalue weighted by Crippen LogP contribution is -2.60. The minimum Gasteiger partial charge on any atom is -0.322 e. The number of benzene rings is 2. The maximum Gasteiger partial charge on any atom is 0.0916 e. The van der Waals surface area contributed by atoms with Crippen molar-refractivity contribution >= 4 is 15.9 Å². The van der Waals surface area contributed by atoms with E-state index in [-0.39, 0.29) is 0 Å². The van der Waals surface area contributed by atoms with Crippen molar-refractivity contribution in [3.63, 3.8) is 0 Å². The lowest BCUT2D eigenvalue weighted by molar-refractivity contribution is -0.933. The Bertz CT molecular complexity index is 661. The summed E-state index contributed by atoms with van der Waals surface area (Å²) in [5.74, 6) is 0. The van der Waals surface area contributed by atoms with Crippen LogP contribution in [0.1, 0.15) is 31.0 Å². The summed E-state index contributed by atoms with van der Waals surface area (Å²) in [6.07, 6.45) is 0. The number of hydrogen-bond acceptors (Lipinski definition) is 1. The fraction of sp³-hybridized carbons (Fsp3) is 0.429. The highest BCUT2D eigenvalue weighted by Crippen LogP contribution is 2.34. The van der Waals surface area contributed by atoms with Crippen LogP contribution in [0.2, 0.25) is 0 Å². The Kier molecular flexibility index (Phi) is 5.43. The van der Waals surface area contributed by atoms with Gasteiger partial charge in [0.05, 0.1) is 32.2 Å². The Morgan fingerprint density at radius 2 is 1.50 bits per heavy atom. The van der Waals surface area contributed by atoms with E-state index in [1.165, 1.54) is 33.2 Å². The van der Waals surface area contributed by atoms with Crippen LogP contribution >= 0.6 is 15.9 Å². The van der Waals surface area contributed by atoms with Gasteiger partial charge in [-0.25, -0.2) is 0 Å². The number of piperazine rings is 1. The molecule has 0 spiro atoms. The van der Waals surface area contributed by atoms with Crippen LogP contribution in [0.15, 0.2) is 59.1 Å². The van der Waals surface area contributed by atoms with E-state index < -0.39 is 0 Å². The Balaban J connectivity index is 1.91. The lowest BCUT2D eigenvalue weighted by Gasteiger charge is -2.47. The average Bonchev–Trinajstić information content (AvgIpc) is 2.59. The predicted molar refractivity (Wildman–Crippen MR) is 105 cm³/mol. The van der Waals surface area contributed by atoms with Crippen LogP contribution in [-0.2, 0) is 0 Å². The molecule has 1 atom stereocenters. The molecule has 0 aromatic heterocycles. The topological polar surface area (TPSA) is 3.24 Å². The van der Waals surface area contributed by atoms with Gasteiger partial charge in [0.25, 0.3) is 0 Å². The molecule has 0 saturated carbocycles. The third-order valence-corrected chi connectivity index (χ3v) is 6.45. The molecule has 2 nitrogen and oxygen atoms in total. The number of nitrogens with zero attached hydrogens (tertiary/aromatic N) is 2. The van der Waals surface area contributed by atoms with E-state index in [0.29, 0.717) is 12.1 Å². The van der Waals surface area contributed by atoms with E-state index in [1.807, 2.05) is 0 Å². The lowest BCUT2D eigenvalue weighted by atomic mass is 9.96. The van der Waals surface area contributed by atoms with Crippen LogP contribution < -0.4 is 0 Å². The summed E-state index contributed by atoms with van der Waals surface area (Å²) in [4.78, 5) is 2.65. The highest BCUT2D eigenvalue weighted by Gasteiger charge is 2.35. The number of quaternary nitrogens is 1. The molecule has 128 valence electrons. The normalized spacial score (nSPS) is 19.4. The van der Waals surface area contributed by atoms with Crippen molar-refractivity contribution in [3.8, 4) is 0 Å². The smallest absolute Gasteiger partial charge is 0.0916 e. The minimum atomic E-state index is 0.322. The molecule has 0 radical (unpaired) electrons. The quantitative estimate of drug-likeness (QED) is 0.686. The first-order chi connectivity index (χ1) is 11.5. The summed E-state index contributed by atoms with van der Waals surface area (Å²) in [7, 11) is 2.40. The zero-order chi connectivity index (χ0) is 17.2. The molecular formula is C21H28BrN2+. The molecule has 24 heavy (non-hydrogen) atoms. The molecule has 1 heterocycles. The minimum absolute atomic E-state index is 0.322. The molecule has 1 aliphatic rings. The first kappa shape index (κ1) is 17.7. The fourth-order valence-corrected chi connectivity index (χ4v) is 4.13. The second-order valence-electron chi connectivity index (χ2n) is 7.39. The van der Waals surface area contributed by atoms with Crippen molar-refractivity contribution in [2.45, 2.75) is 25.9 Å². The van der Waals surface area contributed by atoms with Gasteiger partial charge >= 0.3 is 0 Å². The molecule has 2 aromatic carbocycles. The Morgan fingerprint density at radius 3 is 2.08 bits per heavy atom. The van der Waals surface area contributed by atoms with Gasteiger partial charge in [0.1, 0.15) is 0 Å². The van der Waals surface area contributed by atoms with Gasteiger partial charge in [0.15, 0.2) is 0 Å². The Hall–Kier alpha value is -1.16. The summed E-state index contributed by atoms with van der Waals surface area (Å²) in [6, 6.07) is 20.6. The van der Waals surface area contributed by atoms with E-state index in [0.717, 1.165) is 13.1 Å². The highest BCUT2D eigenvalue weighted by atomic mass is 79.9. The van der Waals surface area contributed by atoms with Crippen LogP contribution in [0, 0.1) is 0 Å². The molecule has 3 heteroatoms. The molecule has 2 aromatic rings. The van der Waals surface area contributed by atoms with Crippen LogP contribution in [0.25, 0.3) is 0 Å². The third kappa shape index (κ3) is 3.58. The highest BCUT2D eigenvalue weighted by molar-refractivity contribution is 9.10. The molecule has 0 aliphatic carbocycles. The van der Waals surface area contributed by atoms with Gasteiger partial charge in [0.2, 0.25) is 0 Å². The summed E-state index contributed by atoms with van der Waals surface area (Å²) in [5, 5.41) is 0. The van der Waals surface area contributed by atoms with E-state index in [9.17, 15) is 0 Å². The Morgan fingerprint density at radius 1 is 0.917 bits per heavy atom. The number of halogens is 1. The van der Waals surface area contributed by atoms with Crippen molar-refractivity contribution in [3.05, 3.63) is 70.2 Å². The van der Waals surface area contributed by atoms with Crippen molar-refractivity contribution in [2.75, 3.05) is 33.2 Å². The largest absolute Gasteiger partial charge is 0.322 e. The van der Waals surface area contributed by atoms with E-state index >= 15 is 0 Å². The van der Waals surface area contributed by atoms with Gasteiger partial charge in [-0.15, -0.1) is 0 Å². The number of likely N-dealkylation sites (N-methyl/N-ethyl adjacent to an activating group) is 1.